The number of carbonyl (C=O) groups excluding carboxylic acids is 1. The van der Waals surface area contributed by atoms with E-state index in [-0.39, 0.29) is 5.91 Å². The number of hydrogen-bond acceptors (Lipinski definition) is 2. The van der Waals surface area contributed by atoms with Crippen molar-refractivity contribution < 1.29 is 4.79 Å². The van der Waals surface area contributed by atoms with Crippen LogP contribution in [0.15, 0.2) is 48.5 Å². The van der Waals surface area contributed by atoms with Crippen LogP contribution in [0.5, 0.6) is 0 Å². The molecule has 0 bridgehead atoms. The first kappa shape index (κ1) is 16.1. The van der Waals surface area contributed by atoms with E-state index >= 15 is 0 Å². The summed E-state index contributed by atoms with van der Waals surface area (Å²) in [7, 11) is 0. The number of amides is 1. The van der Waals surface area contributed by atoms with Gasteiger partial charge in [0.2, 0.25) is 5.91 Å². The van der Waals surface area contributed by atoms with Gasteiger partial charge in [-0.1, -0.05) is 43.2 Å². The average molecular weight is 296 g/mol. The molecule has 0 aliphatic carbocycles. The van der Waals surface area contributed by atoms with E-state index in [1.54, 1.807) is 0 Å². The molecule has 0 unspecified atom stereocenters. The van der Waals surface area contributed by atoms with Crippen molar-refractivity contribution in [3.05, 3.63) is 59.7 Å². The molecule has 0 fully saturated rings. The van der Waals surface area contributed by atoms with Crippen LogP contribution in [0, 0.1) is 6.92 Å². The third-order valence-electron chi connectivity index (χ3n) is 3.51. The molecule has 0 aliphatic rings. The van der Waals surface area contributed by atoms with Crippen LogP contribution in [0.3, 0.4) is 0 Å². The van der Waals surface area contributed by atoms with E-state index in [0.29, 0.717) is 6.42 Å². The molecule has 2 aromatic carbocycles. The standard InChI is InChI=1S/C19H24N2O/c1-3-4-8-19(22)21-18-11-9-17(10-12-18)20-14-16-7-5-6-15(2)13-16/h5-7,9-13,20H,3-4,8,14H2,1-2H3,(H,21,22). The fourth-order valence-electron chi connectivity index (χ4n) is 2.26. The average Bonchev–Trinajstić information content (AvgIpc) is 2.52. The van der Waals surface area contributed by atoms with Gasteiger partial charge in [0.05, 0.1) is 0 Å². The van der Waals surface area contributed by atoms with Crippen molar-refractivity contribution in [1.29, 1.82) is 0 Å². The largest absolute Gasteiger partial charge is 0.381 e. The normalized spacial score (nSPS) is 10.3. The molecule has 0 heterocycles. The van der Waals surface area contributed by atoms with Crippen LogP contribution in [0.4, 0.5) is 11.4 Å². The van der Waals surface area contributed by atoms with Crippen LogP contribution >= 0.6 is 0 Å². The maximum Gasteiger partial charge on any atom is 0.224 e. The third kappa shape index (κ3) is 5.24. The zero-order valence-corrected chi connectivity index (χ0v) is 13.4. The Balaban J connectivity index is 1.85. The molecule has 0 aromatic heterocycles. The van der Waals surface area contributed by atoms with E-state index in [0.717, 1.165) is 30.8 Å². The van der Waals surface area contributed by atoms with Crippen molar-refractivity contribution in [1.82, 2.24) is 0 Å². The number of carbonyl (C=O) groups is 1. The van der Waals surface area contributed by atoms with Crippen molar-refractivity contribution in [2.45, 2.75) is 39.7 Å². The summed E-state index contributed by atoms with van der Waals surface area (Å²) in [6.07, 6.45) is 2.56. The smallest absolute Gasteiger partial charge is 0.224 e. The number of benzene rings is 2. The maximum atomic E-state index is 11.7. The van der Waals surface area contributed by atoms with Crippen LogP contribution in [0.2, 0.25) is 0 Å². The number of hydrogen-bond donors (Lipinski definition) is 2. The first-order chi connectivity index (χ1) is 10.7. The second-order valence-corrected chi connectivity index (χ2v) is 5.57. The van der Waals surface area contributed by atoms with Crippen molar-refractivity contribution in [3.8, 4) is 0 Å². The van der Waals surface area contributed by atoms with Crippen molar-refractivity contribution >= 4 is 17.3 Å². The summed E-state index contributed by atoms with van der Waals surface area (Å²) in [6.45, 7) is 4.98. The zero-order chi connectivity index (χ0) is 15.8. The summed E-state index contributed by atoms with van der Waals surface area (Å²) >= 11 is 0. The van der Waals surface area contributed by atoms with Gasteiger partial charge in [0.15, 0.2) is 0 Å². The highest BCUT2D eigenvalue weighted by Gasteiger charge is 2.01. The van der Waals surface area contributed by atoms with Crippen LogP contribution in [0.25, 0.3) is 0 Å². The summed E-state index contributed by atoms with van der Waals surface area (Å²) in [4.78, 5) is 11.7. The van der Waals surface area contributed by atoms with Crippen molar-refractivity contribution in [3.63, 3.8) is 0 Å². The predicted octanol–water partition coefficient (Wildman–Crippen LogP) is 4.74. The lowest BCUT2D eigenvalue weighted by molar-refractivity contribution is -0.116. The van der Waals surface area contributed by atoms with E-state index in [1.165, 1.54) is 11.1 Å². The van der Waals surface area contributed by atoms with E-state index in [2.05, 4.69) is 48.7 Å². The van der Waals surface area contributed by atoms with Gasteiger partial charge in [-0.3, -0.25) is 4.79 Å². The quantitative estimate of drug-likeness (QED) is 0.775. The molecule has 0 atom stereocenters. The lowest BCUT2D eigenvalue weighted by atomic mass is 10.1. The van der Waals surface area contributed by atoms with Crippen LogP contribution < -0.4 is 10.6 Å². The lowest BCUT2D eigenvalue weighted by Gasteiger charge is -2.09. The fourth-order valence-corrected chi connectivity index (χ4v) is 2.26. The zero-order valence-electron chi connectivity index (χ0n) is 13.4. The van der Waals surface area contributed by atoms with Gasteiger partial charge >= 0.3 is 0 Å². The molecule has 22 heavy (non-hydrogen) atoms. The summed E-state index contributed by atoms with van der Waals surface area (Å²) in [5.74, 6) is 0.0855. The number of nitrogens with one attached hydrogen (secondary N) is 2. The molecule has 2 rings (SSSR count). The molecule has 3 nitrogen and oxygen atoms in total. The highest BCUT2D eigenvalue weighted by atomic mass is 16.1. The molecule has 2 aromatic rings. The van der Waals surface area contributed by atoms with Gasteiger partial charge in [-0.25, -0.2) is 0 Å². The Labute approximate surface area is 132 Å². The molecule has 0 saturated carbocycles. The monoisotopic (exact) mass is 296 g/mol. The molecular weight excluding hydrogens is 272 g/mol. The highest BCUT2D eigenvalue weighted by Crippen LogP contribution is 2.15. The van der Waals surface area contributed by atoms with E-state index < -0.39 is 0 Å². The van der Waals surface area contributed by atoms with Gasteiger partial charge in [0, 0.05) is 24.3 Å². The topological polar surface area (TPSA) is 41.1 Å². The number of rotatable bonds is 7. The first-order valence-electron chi connectivity index (χ1n) is 7.86. The second kappa shape index (κ2) is 8.23. The van der Waals surface area contributed by atoms with Crippen LogP contribution in [0.1, 0.15) is 37.3 Å². The Bertz CT molecular complexity index is 605. The Kier molecular flexibility index (Phi) is 6.01. The maximum absolute atomic E-state index is 11.7. The fraction of sp³-hybridized carbons (Fsp3) is 0.316. The van der Waals surface area contributed by atoms with Gasteiger partial charge < -0.3 is 10.6 Å². The van der Waals surface area contributed by atoms with Crippen molar-refractivity contribution in [2.24, 2.45) is 0 Å². The number of aryl methyl sites for hydroxylation is 1. The van der Waals surface area contributed by atoms with Crippen LogP contribution in [-0.2, 0) is 11.3 Å². The first-order valence-corrected chi connectivity index (χ1v) is 7.86. The minimum Gasteiger partial charge on any atom is -0.381 e. The summed E-state index contributed by atoms with van der Waals surface area (Å²) < 4.78 is 0. The summed E-state index contributed by atoms with van der Waals surface area (Å²) in [5, 5.41) is 6.31. The minimum absolute atomic E-state index is 0.0855. The molecule has 0 saturated heterocycles. The molecule has 116 valence electrons. The molecular formula is C19H24N2O. The number of unbranched alkanes of at least 4 members (excludes halogenated alkanes) is 1. The molecule has 0 spiro atoms. The highest BCUT2D eigenvalue weighted by molar-refractivity contribution is 5.90. The van der Waals surface area contributed by atoms with Gasteiger partial charge in [-0.05, 0) is 43.2 Å². The Morgan fingerprint density at radius 3 is 2.45 bits per heavy atom. The molecule has 1 amide bonds. The minimum atomic E-state index is 0.0855. The Hall–Kier alpha value is -2.29. The van der Waals surface area contributed by atoms with Crippen molar-refractivity contribution in [2.75, 3.05) is 10.6 Å². The Morgan fingerprint density at radius 2 is 1.77 bits per heavy atom. The third-order valence-corrected chi connectivity index (χ3v) is 3.51. The van der Waals surface area contributed by atoms with E-state index in [9.17, 15) is 4.79 Å². The van der Waals surface area contributed by atoms with E-state index in [4.69, 9.17) is 0 Å². The molecule has 3 heteroatoms. The van der Waals surface area contributed by atoms with E-state index in [1.807, 2.05) is 24.3 Å². The summed E-state index contributed by atoms with van der Waals surface area (Å²) in [6, 6.07) is 16.3. The summed E-state index contributed by atoms with van der Waals surface area (Å²) in [5.41, 5.74) is 4.43. The number of anilines is 2. The SMILES string of the molecule is CCCCC(=O)Nc1ccc(NCc2cccc(C)c2)cc1. The Morgan fingerprint density at radius 1 is 1.05 bits per heavy atom. The van der Waals surface area contributed by atoms with Gasteiger partial charge in [-0.15, -0.1) is 0 Å². The molecule has 0 radical (unpaired) electrons. The van der Waals surface area contributed by atoms with Gasteiger partial charge in [0.1, 0.15) is 0 Å². The molecule has 0 aliphatic heterocycles. The predicted molar refractivity (Wildman–Crippen MR) is 93.1 cm³/mol. The second-order valence-electron chi connectivity index (χ2n) is 5.57. The van der Waals surface area contributed by atoms with Gasteiger partial charge in [-0.2, -0.15) is 0 Å². The lowest BCUT2D eigenvalue weighted by Crippen LogP contribution is -2.10. The molecule has 2 N–H and O–H groups in total. The van der Waals surface area contributed by atoms with Gasteiger partial charge in [0.25, 0.3) is 0 Å². The van der Waals surface area contributed by atoms with Crippen LogP contribution in [-0.4, -0.2) is 5.91 Å².